The van der Waals surface area contributed by atoms with Crippen molar-refractivity contribution in [1.29, 1.82) is 0 Å². The molecule has 1 aliphatic rings. The van der Waals surface area contributed by atoms with E-state index < -0.39 is 0 Å². The molecule has 1 heterocycles. The van der Waals surface area contributed by atoms with E-state index in [-0.39, 0.29) is 5.82 Å². The predicted molar refractivity (Wildman–Crippen MR) is 75.5 cm³/mol. The van der Waals surface area contributed by atoms with E-state index in [0.717, 1.165) is 30.8 Å². The molecule has 2 nitrogen and oxygen atoms in total. The zero-order valence-corrected chi connectivity index (χ0v) is 10.8. The van der Waals surface area contributed by atoms with Crippen molar-refractivity contribution in [1.82, 2.24) is 0 Å². The van der Waals surface area contributed by atoms with E-state index in [2.05, 4.69) is 17.0 Å². The summed E-state index contributed by atoms with van der Waals surface area (Å²) in [5, 5.41) is 0. The Bertz CT molecular complexity index is 595. The number of benzene rings is 2. The summed E-state index contributed by atoms with van der Waals surface area (Å²) in [7, 11) is 0. The first kappa shape index (κ1) is 12.2. The van der Waals surface area contributed by atoms with Crippen LogP contribution in [0.3, 0.4) is 0 Å². The fraction of sp³-hybridized carbons (Fsp3) is 0.250. The Labute approximate surface area is 112 Å². The number of fused-ring (bicyclic) bond motifs is 1. The van der Waals surface area contributed by atoms with Gasteiger partial charge in [0.05, 0.1) is 0 Å². The van der Waals surface area contributed by atoms with Gasteiger partial charge in [-0.2, -0.15) is 0 Å². The van der Waals surface area contributed by atoms with Crippen LogP contribution in [0.25, 0.3) is 0 Å². The van der Waals surface area contributed by atoms with Crippen LogP contribution in [-0.4, -0.2) is 6.54 Å². The molecule has 0 aromatic heterocycles. The normalized spacial score (nSPS) is 13.7. The third kappa shape index (κ3) is 2.47. The summed E-state index contributed by atoms with van der Waals surface area (Å²) in [5.74, 6) is -0.165. The molecular weight excluding hydrogens is 239 g/mol. The minimum absolute atomic E-state index is 0.165. The molecule has 0 atom stereocenters. The molecule has 2 aromatic rings. The van der Waals surface area contributed by atoms with Gasteiger partial charge in [0.15, 0.2) is 0 Å². The molecule has 0 saturated heterocycles. The number of hydrogen-bond donors (Lipinski definition) is 1. The number of halogens is 1. The van der Waals surface area contributed by atoms with E-state index in [9.17, 15) is 4.39 Å². The SMILES string of the molecule is NCc1cccc(CN2CCc3ccc(F)cc32)c1. The fourth-order valence-corrected chi connectivity index (χ4v) is 2.66. The van der Waals surface area contributed by atoms with E-state index in [1.54, 1.807) is 6.07 Å². The Morgan fingerprint density at radius 2 is 1.95 bits per heavy atom. The molecule has 2 aromatic carbocycles. The van der Waals surface area contributed by atoms with Crippen LogP contribution in [0.4, 0.5) is 10.1 Å². The first-order valence-electron chi connectivity index (χ1n) is 6.57. The van der Waals surface area contributed by atoms with Crippen LogP contribution in [0.15, 0.2) is 42.5 Å². The van der Waals surface area contributed by atoms with E-state index in [4.69, 9.17) is 5.73 Å². The molecule has 0 amide bonds. The second-order valence-corrected chi connectivity index (χ2v) is 4.97. The van der Waals surface area contributed by atoms with Gasteiger partial charge in [-0.15, -0.1) is 0 Å². The van der Waals surface area contributed by atoms with E-state index >= 15 is 0 Å². The molecule has 19 heavy (non-hydrogen) atoms. The summed E-state index contributed by atoms with van der Waals surface area (Å²) in [4.78, 5) is 2.23. The van der Waals surface area contributed by atoms with Crippen molar-refractivity contribution in [3.8, 4) is 0 Å². The minimum atomic E-state index is -0.165. The third-order valence-electron chi connectivity index (χ3n) is 3.64. The lowest BCUT2D eigenvalue weighted by molar-refractivity contribution is 0.627. The second kappa shape index (κ2) is 5.02. The Morgan fingerprint density at radius 3 is 2.79 bits per heavy atom. The number of nitrogens with two attached hydrogens (primary N) is 1. The van der Waals surface area contributed by atoms with Gasteiger partial charge in [-0.25, -0.2) is 4.39 Å². The zero-order chi connectivity index (χ0) is 13.2. The summed E-state index contributed by atoms with van der Waals surface area (Å²) in [6.45, 7) is 2.31. The maximum atomic E-state index is 13.3. The summed E-state index contributed by atoms with van der Waals surface area (Å²) < 4.78 is 13.3. The molecule has 0 spiro atoms. The lowest BCUT2D eigenvalue weighted by Gasteiger charge is -2.20. The van der Waals surface area contributed by atoms with Gasteiger partial charge >= 0.3 is 0 Å². The first-order chi connectivity index (χ1) is 9.26. The molecule has 2 N–H and O–H groups in total. The van der Waals surface area contributed by atoms with Crippen LogP contribution >= 0.6 is 0 Å². The van der Waals surface area contributed by atoms with Crippen LogP contribution in [0, 0.1) is 5.82 Å². The van der Waals surface area contributed by atoms with Crippen LogP contribution in [0.5, 0.6) is 0 Å². The Balaban J connectivity index is 1.84. The molecule has 0 unspecified atom stereocenters. The molecule has 0 aliphatic carbocycles. The maximum absolute atomic E-state index is 13.3. The Hall–Kier alpha value is -1.87. The molecule has 0 saturated carbocycles. The monoisotopic (exact) mass is 256 g/mol. The largest absolute Gasteiger partial charge is 0.367 e. The van der Waals surface area contributed by atoms with Gasteiger partial charge in [-0.3, -0.25) is 0 Å². The standard InChI is InChI=1S/C16H17FN2/c17-15-5-4-14-6-7-19(16(14)9-15)11-13-3-1-2-12(8-13)10-18/h1-5,8-9H,6-7,10-11,18H2. The van der Waals surface area contributed by atoms with E-state index in [0.29, 0.717) is 6.54 Å². The van der Waals surface area contributed by atoms with Crippen LogP contribution in [-0.2, 0) is 19.5 Å². The van der Waals surface area contributed by atoms with E-state index in [1.807, 2.05) is 18.2 Å². The number of rotatable bonds is 3. The highest BCUT2D eigenvalue weighted by molar-refractivity contribution is 5.58. The van der Waals surface area contributed by atoms with Gasteiger partial charge < -0.3 is 10.6 Å². The van der Waals surface area contributed by atoms with Gasteiger partial charge in [-0.1, -0.05) is 30.3 Å². The van der Waals surface area contributed by atoms with Crippen molar-refractivity contribution in [2.45, 2.75) is 19.5 Å². The predicted octanol–water partition coefficient (Wildman–Crippen LogP) is 2.85. The lowest BCUT2D eigenvalue weighted by Crippen LogP contribution is -2.19. The number of anilines is 1. The summed E-state index contributed by atoms with van der Waals surface area (Å²) >= 11 is 0. The topological polar surface area (TPSA) is 29.3 Å². The summed E-state index contributed by atoms with van der Waals surface area (Å²) in [6.07, 6.45) is 0.992. The van der Waals surface area contributed by atoms with Crippen molar-refractivity contribution in [2.75, 3.05) is 11.4 Å². The average Bonchev–Trinajstić information content (AvgIpc) is 2.81. The minimum Gasteiger partial charge on any atom is -0.367 e. The Kier molecular flexibility index (Phi) is 3.22. The molecule has 1 aliphatic heterocycles. The molecule has 98 valence electrons. The second-order valence-electron chi connectivity index (χ2n) is 4.97. The van der Waals surface area contributed by atoms with E-state index in [1.165, 1.54) is 17.2 Å². The Morgan fingerprint density at radius 1 is 1.11 bits per heavy atom. The average molecular weight is 256 g/mol. The van der Waals surface area contributed by atoms with Gasteiger partial charge in [-0.05, 0) is 35.2 Å². The third-order valence-corrected chi connectivity index (χ3v) is 3.64. The van der Waals surface area contributed by atoms with Crippen molar-refractivity contribution >= 4 is 5.69 Å². The summed E-state index contributed by atoms with van der Waals surface area (Å²) in [6, 6.07) is 13.3. The van der Waals surface area contributed by atoms with Gasteiger partial charge in [0.2, 0.25) is 0 Å². The molecule has 3 rings (SSSR count). The highest BCUT2D eigenvalue weighted by atomic mass is 19.1. The van der Waals surface area contributed by atoms with Crippen LogP contribution in [0.1, 0.15) is 16.7 Å². The van der Waals surface area contributed by atoms with Crippen molar-refractivity contribution in [2.24, 2.45) is 5.73 Å². The molecule has 0 bridgehead atoms. The summed E-state index contributed by atoms with van der Waals surface area (Å²) in [5.41, 5.74) is 10.3. The first-order valence-corrected chi connectivity index (χ1v) is 6.57. The van der Waals surface area contributed by atoms with Gasteiger partial charge in [0.1, 0.15) is 5.82 Å². The highest BCUT2D eigenvalue weighted by Gasteiger charge is 2.19. The molecule has 3 heteroatoms. The maximum Gasteiger partial charge on any atom is 0.125 e. The molecular formula is C16H17FN2. The van der Waals surface area contributed by atoms with Crippen LogP contribution in [0.2, 0.25) is 0 Å². The molecule has 0 radical (unpaired) electrons. The van der Waals surface area contributed by atoms with Crippen molar-refractivity contribution in [3.63, 3.8) is 0 Å². The van der Waals surface area contributed by atoms with Gasteiger partial charge in [0, 0.05) is 25.3 Å². The zero-order valence-electron chi connectivity index (χ0n) is 10.8. The fourth-order valence-electron chi connectivity index (χ4n) is 2.66. The van der Waals surface area contributed by atoms with Crippen molar-refractivity contribution in [3.05, 3.63) is 65.0 Å². The van der Waals surface area contributed by atoms with Crippen molar-refractivity contribution < 1.29 is 4.39 Å². The molecule has 0 fully saturated rings. The quantitative estimate of drug-likeness (QED) is 0.915. The number of nitrogens with zero attached hydrogens (tertiary/aromatic N) is 1. The highest BCUT2D eigenvalue weighted by Crippen LogP contribution is 2.30. The van der Waals surface area contributed by atoms with Crippen LogP contribution < -0.4 is 10.6 Å². The van der Waals surface area contributed by atoms with Gasteiger partial charge in [0.25, 0.3) is 0 Å². The lowest BCUT2D eigenvalue weighted by atomic mass is 10.1. The smallest absolute Gasteiger partial charge is 0.125 e. The number of hydrogen-bond acceptors (Lipinski definition) is 2.